The highest BCUT2D eigenvalue weighted by molar-refractivity contribution is 5.68. The Kier molecular flexibility index (Phi) is 15.9. The molecule has 23 heavy (non-hydrogen) atoms. The summed E-state index contributed by atoms with van der Waals surface area (Å²) in [7, 11) is 1.43. The fraction of sp³-hybridized carbons (Fsp3) is 0.632. The van der Waals surface area contributed by atoms with E-state index < -0.39 is 0 Å². The minimum absolute atomic E-state index is 0.116. The van der Waals surface area contributed by atoms with Crippen LogP contribution in [0.25, 0.3) is 0 Å². The predicted octanol–water partition coefficient (Wildman–Crippen LogP) is 5.22. The van der Waals surface area contributed by atoms with Gasteiger partial charge in [-0.1, -0.05) is 62.6 Å². The molecule has 0 aromatic carbocycles. The normalized spacial score (nSPS) is 13.3. The highest BCUT2D eigenvalue weighted by Crippen LogP contribution is 2.08. The largest absolute Gasteiger partial charge is 0.469 e. The van der Waals surface area contributed by atoms with Crippen LogP contribution >= 0.6 is 0 Å². The van der Waals surface area contributed by atoms with Gasteiger partial charge in [0.05, 0.1) is 7.11 Å². The topological polar surface area (TPSA) is 55.8 Å². The lowest BCUT2D eigenvalue weighted by atomic mass is 10.1. The van der Waals surface area contributed by atoms with E-state index in [1.165, 1.54) is 13.5 Å². The van der Waals surface area contributed by atoms with Gasteiger partial charge in [-0.15, -0.1) is 0 Å². The van der Waals surface area contributed by atoms with Crippen LogP contribution in [0.1, 0.15) is 64.7 Å². The molecule has 0 bridgehead atoms. The Bertz CT molecular complexity index is 358. The molecular formula is C19H32O4. The molecule has 0 aromatic rings. The Morgan fingerprint density at radius 3 is 2.48 bits per heavy atom. The van der Waals surface area contributed by atoms with Crippen molar-refractivity contribution in [2.45, 2.75) is 70.8 Å². The summed E-state index contributed by atoms with van der Waals surface area (Å²) in [6, 6.07) is 0. The molecule has 0 amide bonds. The number of ether oxygens (including phenoxy) is 1. The average molecular weight is 324 g/mol. The second-order valence-corrected chi connectivity index (χ2v) is 5.45. The van der Waals surface area contributed by atoms with Crippen molar-refractivity contribution in [3.8, 4) is 0 Å². The molecule has 0 saturated carbocycles. The molecule has 0 aromatic heterocycles. The number of methoxy groups -OCH3 is 1. The second kappa shape index (κ2) is 17.0. The van der Waals surface area contributed by atoms with Crippen LogP contribution in [0, 0.1) is 0 Å². The molecule has 1 N–H and O–H groups in total. The van der Waals surface area contributed by atoms with Gasteiger partial charge in [0.2, 0.25) is 0 Å². The summed E-state index contributed by atoms with van der Waals surface area (Å²) in [6.45, 7) is 2.07. The molecule has 4 nitrogen and oxygen atoms in total. The van der Waals surface area contributed by atoms with Crippen LogP contribution in [-0.4, -0.2) is 24.4 Å². The van der Waals surface area contributed by atoms with Gasteiger partial charge in [-0.2, -0.15) is 0 Å². The van der Waals surface area contributed by atoms with E-state index in [1.54, 1.807) is 0 Å². The Morgan fingerprint density at radius 1 is 1.04 bits per heavy atom. The maximum Gasteiger partial charge on any atom is 0.305 e. The molecule has 0 aliphatic carbocycles. The van der Waals surface area contributed by atoms with Crippen molar-refractivity contribution in [2.24, 2.45) is 0 Å². The SMILES string of the molecule is CC/C=C/CC(/C=C/C=C/CCCCCCCC(=O)OC)OO. The summed E-state index contributed by atoms with van der Waals surface area (Å²) < 4.78 is 4.60. The zero-order valence-corrected chi connectivity index (χ0v) is 14.6. The Morgan fingerprint density at radius 2 is 1.78 bits per heavy atom. The molecular weight excluding hydrogens is 292 g/mol. The second-order valence-electron chi connectivity index (χ2n) is 5.45. The van der Waals surface area contributed by atoms with Gasteiger partial charge >= 0.3 is 5.97 Å². The summed E-state index contributed by atoms with van der Waals surface area (Å²) in [4.78, 5) is 15.3. The molecule has 0 spiro atoms. The molecule has 1 unspecified atom stereocenters. The quantitative estimate of drug-likeness (QED) is 0.119. The van der Waals surface area contributed by atoms with Gasteiger partial charge in [0.25, 0.3) is 0 Å². The van der Waals surface area contributed by atoms with Crippen LogP contribution in [-0.2, 0) is 14.4 Å². The molecule has 4 heteroatoms. The minimum Gasteiger partial charge on any atom is -0.469 e. The summed E-state index contributed by atoms with van der Waals surface area (Å²) >= 11 is 0. The highest BCUT2D eigenvalue weighted by Gasteiger charge is 2.00. The highest BCUT2D eigenvalue weighted by atomic mass is 17.1. The maximum atomic E-state index is 10.9. The van der Waals surface area contributed by atoms with Crippen molar-refractivity contribution in [3.05, 3.63) is 36.5 Å². The maximum absolute atomic E-state index is 10.9. The van der Waals surface area contributed by atoms with E-state index in [9.17, 15) is 4.79 Å². The Hall–Kier alpha value is -1.39. The van der Waals surface area contributed by atoms with E-state index in [-0.39, 0.29) is 12.1 Å². The molecule has 0 saturated heterocycles. The van der Waals surface area contributed by atoms with Gasteiger partial charge in [0, 0.05) is 6.42 Å². The number of rotatable bonds is 14. The van der Waals surface area contributed by atoms with Crippen molar-refractivity contribution < 1.29 is 19.7 Å². The molecule has 132 valence electrons. The summed E-state index contributed by atoms with van der Waals surface area (Å²) in [5.41, 5.74) is 0. The number of hydrogen-bond donors (Lipinski definition) is 1. The van der Waals surface area contributed by atoms with Crippen LogP contribution in [0.2, 0.25) is 0 Å². The van der Waals surface area contributed by atoms with Crippen LogP contribution < -0.4 is 0 Å². The first-order valence-corrected chi connectivity index (χ1v) is 8.60. The standard InChI is InChI=1S/C19H32O4/c1-3-4-12-15-18(23-21)16-13-10-8-6-5-7-9-11-14-17-19(20)22-2/h4,8,10,12-13,16,18,21H,3,5-7,9,11,14-15,17H2,1-2H3/b10-8+,12-4+,16-13+. The van der Waals surface area contributed by atoms with E-state index in [4.69, 9.17) is 5.26 Å². The molecule has 1 atom stereocenters. The fourth-order valence-electron chi connectivity index (χ4n) is 2.08. The van der Waals surface area contributed by atoms with E-state index in [0.29, 0.717) is 12.8 Å². The first kappa shape index (κ1) is 21.6. The van der Waals surface area contributed by atoms with Crippen LogP contribution in [0.15, 0.2) is 36.5 Å². The smallest absolute Gasteiger partial charge is 0.305 e. The third-order valence-electron chi connectivity index (χ3n) is 3.46. The molecule has 0 heterocycles. The lowest BCUT2D eigenvalue weighted by Gasteiger charge is -2.03. The third kappa shape index (κ3) is 15.3. The Labute approximate surface area is 140 Å². The molecule has 0 aliphatic heterocycles. The van der Waals surface area contributed by atoms with E-state index in [1.807, 2.05) is 24.3 Å². The number of carbonyl (C=O) groups excluding carboxylic acids is 1. The van der Waals surface area contributed by atoms with E-state index in [0.717, 1.165) is 38.5 Å². The zero-order chi connectivity index (χ0) is 17.2. The van der Waals surface area contributed by atoms with Crippen molar-refractivity contribution >= 4 is 5.97 Å². The van der Waals surface area contributed by atoms with Crippen LogP contribution in [0.3, 0.4) is 0 Å². The lowest BCUT2D eigenvalue weighted by molar-refractivity contribution is -0.264. The molecule has 0 radical (unpaired) electrons. The first-order valence-electron chi connectivity index (χ1n) is 8.60. The lowest BCUT2D eigenvalue weighted by Crippen LogP contribution is -2.04. The van der Waals surface area contributed by atoms with Gasteiger partial charge in [-0.25, -0.2) is 4.89 Å². The number of carbonyl (C=O) groups is 1. The van der Waals surface area contributed by atoms with E-state index in [2.05, 4.69) is 28.7 Å². The first-order chi connectivity index (χ1) is 11.2. The van der Waals surface area contributed by atoms with Gasteiger partial charge in [0.15, 0.2) is 0 Å². The zero-order valence-electron chi connectivity index (χ0n) is 14.6. The van der Waals surface area contributed by atoms with Crippen molar-refractivity contribution in [2.75, 3.05) is 7.11 Å². The van der Waals surface area contributed by atoms with Crippen molar-refractivity contribution in [1.29, 1.82) is 0 Å². The third-order valence-corrected chi connectivity index (χ3v) is 3.46. The average Bonchev–Trinajstić information content (AvgIpc) is 2.57. The van der Waals surface area contributed by atoms with Gasteiger partial charge in [-0.3, -0.25) is 10.1 Å². The monoisotopic (exact) mass is 324 g/mol. The summed E-state index contributed by atoms with van der Waals surface area (Å²) in [5, 5.41) is 8.78. The van der Waals surface area contributed by atoms with Crippen molar-refractivity contribution in [1.82, 2.24) is 0 Å². The number of allylic oxidation sites excluding steroid dienone is 4. The van der Waals surface area contributed by atoms with Gasteiger partial charge in [-0.05, 0) is 32.1 Å². The van der Waals surface area contributed by atoms with Crippen LogP contribution in [0.5, 0.6) is 0 Å². The number of unbranched alkanes of at least 4 members (excludes halogenated alkanes) is 5. The fourth-order valence-corrected chi connectivity index (χ4v) is 2.08. The minimum atomic E-state index is -0.280. The number of hydrogen-bond acceptors (Lipinski definition) is 4. The number of esters is 1. The predicted molar refractivity (Wildman–Crippen MR) is 94.2 cm³/mol. The molecule has 0 rings (SSSR count). The summed E-state index contributed by atoms with van der Waals surface area (Å²) in [6.07, 6.45) is 20.4. The van der Waals surface area contributed by atoms with Gasteiger partial charge < -0.3 is 4.74 Å². The summed E-state index contributed by atoms with van der Waals surface area (Å²) in [5.74, 6) is -0.116. The molecule has 0 fully saturated rings. The van der Waals surface area contributed by atoms with E-state index >= 15 is 0 Å². The van der Waals surface area contributed by atoms with Gasteiger partial charge in [0.1, 0.15) is 6.10 Å². The Balaban J connectivity index is 3.57. The van der Waals surface area contributed by atoms with Crippen LogP contribution in [0.4, 0.5) is 0 Å². The molecule has 0 aliphatic rings. The van der Waals surface area contributed by atoms with Crippen molar-refractivity contribution in [3.63, 3.8) is 0 Å².